The van der Waals surface area contributed by atoms with Crippen molar-refractivity contribution >= 4 is 43.8 Å². The molecule has 3 aromatic carbocycles. The van der Waals surface area contributed by atoms with Gasteiger partial charge in [-0.05, 0) is 61.6 Å². The van der Waals surface area contributed by atoms with E-state index in [1.54, 1.807) is 19.2 Å². The van der Waals surface area contributed by atoms with Crippen molar-refractivity contribution in [2.75, 3.05) is 69.0 Å². The zero-order valence-corrected chi connectivity index (χ0v) is 23.1. The second-order valence-electron chi connectivity index (χ2n) is 9.63. The SMILES string of the molecule is COCCNc1cc(N2CCN(C)CC2)ccc1C(=O)Nc1n[nH]c2ccc(S(=O)(=O)c3cccc(F)c3)cc12. The number of ether oxygens (including phenoxy) is 1. The summed E-state index contributed by atoms with van der Waals surface area (Å²) >= 11 is 0. The highest BCUT2D eigenvalue weighted by Crippen LogP contribution is 2.30. The molecule has 1 amide bonds. The number of carbonyl (C=O) groups is 1. The number of carbonyl (C=O) groups excluding carboxylic acids is 1. The Morgan fingerprint density at radius 1 is 1.05 bits per heavy atom. The fourth-order valence-electron chi connectivity index (χ4n) is 4.63. The van der Waals surface area contributed by atoms with Gasteiger partial charge >= 0.3 is 0 Å². The molecule has 40 heavy (non-hydrogen) atoms. The third-order valence-corrected chi connectivity index (χ3v) is 8.67. The standard InChI is InChI=1S/C28H31FN6O4S/c1-34-11-13-35(14-12-34)20-6-8-23(26(17-20)30-10-15-39-2)28(36)31-27-24-18-22(7-9-25(24)32-33-27)40(37,38)21-5-3-4-19(29)16-21/h3-9,16-18,30H,10-15H2,1-2H3,(H2,31,32,33,36). The summed E-state index contributed by atoms with van der Waals surface area (Å²) in [5, 5.41) is 13.5. The minimum Gasteiger partial charge on any atom is -0.383 e. The quantitative estimate of drug-likeness (QED) is 0.263. The van der Waals surface area contributed by atoms with E-state index in [0.717, 1.165) is 37.9 Å². The Morgan fingerprint density at radius 3 is 2.58 bits per heavy atom. The number of piperazine rings is 1. The number of hydrogen-bond acceptors (Lipinski definition) is 8. The lowest BCUT2D eigenvalue weighted by molar-refractivity contribution is 0.102. The van der Waals surface area contributed by atoms with Crippen LogP contribution in [0.3, 0.4) is 0 Å². The molecule has 0 saturated carbocycles. The van der Waals surface area contributed by atoms with Gasteiger partial charge < -0.3 is 25.2 Å². The van der Waals surface area contributed by atoms with Gasteiger partial charge in [-0.3, -0.25) is 9.89 Å². The van der Waals surface area contributed by atoms with E-state index < -0.39 is 21.6 Å². The van der Waals surface area contributed by atoms with Crippen LogP contribution in [-0.4, -0.2) is 82.9 Å². The molecule has 3 N–H and O–H groups in total. The number of benzene rings is 3. The average molecular weight is 567 g/mol. The lowest BCUT2D eigenvalue weighted by atomic mass is 10.1. The molecule has 4 aromatic rings. The van der Waals surface area contributed by atoms with Crippen LogP contribution >= 0.6 is 0 Å². The van der Waals surface area contributed by atoms with Crippen LogP contribution in [0.4, 0.5) is 21.6 Å². The van der Waals surface area contributed by atoms with Crippen LogP contribution in [0.5, 0.6) is 0 Å². The number of halogens is 1. The highest BCUT2D eigenvalue weighted by Gasteiger charge is 2.22. The van der Waals surface area contributed by atoms with E-state index in [9.17, 15) is 17.6 Å². The molecule has 0 aliphatic carbocycles. The van der Waals surface area contributed by atoms with Crippen LogP contribution in [0.25, 0.3) is 10.9 Å². The molecule has 1 fully saturated rings. The lowest BCUT2D eigenvalue weighted by Gasteiger charge is -2.34. The third kappa shape index (κ3) is 5.79. The molecule has 5 rings (SSSR count). The monoisotopic (exact) mass is 566 g/mol. The minimum absolute atomic E-state index is 0.0408. The van der Waals surface area contributed by atoms with Gasteiger partial charge in [-0.1, -0.05) is 6.07 Å². The van der Waals surface area contributed by atoms with Crippen molar-refractivity contribution in [3.05, 3.63) is 72.0 Å². The first-order chi connectivity index (χ1) is 19.3. The molecule has 10 nitrogen and oxygen atoms in total. The fraction of sp³-hybridized carbons (Fsp3) is 0.286. The zero-order valence-electron chi connectivity index (χ0n) is 22.3. The Hall–Kier alpha value is -4.00. The van der Waals surface area contributed by atoms with E-state index in [-0.39, 0.29) is 15.6 Å². The number of aromatic amines is 1. The predicted octanol–water partition coefficient (Wildman–Crippen LogP) is 3.60. The van der Waals surface area contributed by atoms with Crippen LogP contribution in [0, 0.1) is 5.82 Å². The topological polar surface area (TPSA) is 120 Å². The first-order valence-corrected chi connectivity index (χ1v) is 14.3. The first kappa shape index (κ1) is 27.6. The Balaban J connectivity index is 1.43. The second-order valence-corrected chi connectivity index (χ2v) is 11.6. The van der Waals surface area contributed by atoms with Crippen LogP contribution in [0.1, 0.15) is 10.4 Å². The molecule has 1 aromatic heterocycles. The zero-order chi connectivity index (χ0) is 28.3. The molecule has 2 heterocycles. The Kier molecular flexibility index (Phi) is 8.01. The lowest BCUT2D eigenvalue weighted by Crippen LogP contribution is -2.44. The summed E-state index contributed by atoms with van der Waals surface area (Å²) in [6.07, 6.45) is 0. The molecule has 0 spiro atoms. The number of anilines is 3. The van der Waals surface area contributed by atoms with E-state index in [1.165, 1.54) is 30.3 Å². The van der Waals surface area contributed by atoms with E-state index >= 15 is 0 Å². The number of nitrogens with one attached hydrogen (secondary N) is 3. The summed E-state index contributed by atoms with van der Waals surface area (Å²) in [6.45, 7) is 4.66. The van der Waals surface area contributed by atoms with Crippen molar-refractivity contribution in [3.8, 4) is 0 Å². The highest BCUT2D eigenvalue weighted by atomic mass is 32.2. The van der Waals surface area contributed by atoms with Crippen LogP contribution in [0.15, 0.2) is 70.5 Å². The maximum Gasteiger partial charge on any atom is 0.258 e. The van der Waals surface area contributed by atoms with Crippen LogP contribution in [-0.2, 0) is 14.6 Å². The van der Waals surface area contributed by atoms with Gasteiger partial charge in [0.05, 0.1) is 27.5 Å². The number of nitrogens with zero attached hydrogens (tertiary/aromatic N) is 3. The van der Waals surface area contributed by atoms with Crippen molar-refractivity contribution in [3.63, 3.8) is 0 Å². The molecule has 0 atom stereocenters. The maximum atomic E-state index is 13.7. The van der Waals surface area contributed by atoms with E-state index in [0.29, 0.717) is 35.3 Å². The van der Waals surface area contributed by atoms with Gasteiger partial charge in [-0.2, -0.15) is 5.10 Å². The third-order valence-electron chi connectivity index (χ3n) is 6.92. The largest absolute Gasteiger partial charge is 0.383 e. The van der Waals surface area contributed by atoms with E-state index in [1.807, 2.05) is 12.1 Å². The number of fused-ring (bicyclic) bond motifs is 1. The summed E-state index contributed by atoms with van der Waals surface area (Å²) in [6, 6.07) is 14.9. The van der Waals surface area contributed by atoms with Gasteiger partial charge in [0.2, 0.25) is 9.84 Å². The van der Waals surface area contributed by atoms with Gasteiger partial charge in [0, 0.05) is 56.6 Å². The van der Waals surface area contributed by atoms with Crippen LogP contribution < -0.4 is 15.5 Å². The number of amides is 1. The van der Waals surface area contributed by atoms with Crippen molar-refractivity contribution in [2.24, 2.45) is 0 Å². The number of rotatable bonds is 9. The molecule has 210 valence electrons. The van der Waals surface area contributed by atoms with E-state index in [4.69, 9.17) is 4.74 Å². The number of hydrogen-bond donors (Lipinski definition) is 3. The normalized spacial score (nSPS) is 14.4. The smallest absolute Gasteiger partial charge is 0.258 e. The number of likely N-dealkylation sites (N-methyl/N-ethyl adjacent to an activating group) is 1. The fourth-order valence-corrected chi connectivity index (χ4v) is 5.94. The molecule has 1 saturated heterocycles. The Bertz CT molecular complexity index is 1630. The van der Waals surface area contributed by atoms with Crippen LogP contribution in [0.2, 0.25) is 0 Å². The highest BCUT2D eigenvalue weighted by molar-refractivity contribution is 7.91. The summed E-state index contributed by atoms with van der Waals surface area (Å²) in [5.41, 5.74) is 2.62. The van der Waals surface area contributed by atoms with Crippen molar-refractivity contribution in [1.29, 1.82) is 0 Å². The summed E-state index contributed by atoms with van der Waals surface area (Å²) in [5.74, 6) is -0.870. The molecule has 1 aliphatic rings. The predicted molar refractivity (Wildman–Crippen MR) is 152 cm³/mol. The van der Waals surface area contributed by atoms with Gasteiger partial charge in [0.15, 0.2) is 5.82 Å². The summed E-state index contributed by atoms with van der Waals surface area (Å²) < 4.78 is 45.2. The van der Waals surface area contributed by atoms with Gasteiger partial charge in [-0.15, -0.1) is 0 Å². The minimum atomic E-state index is -3.99. The number of H-pyrrole nitrogens is 1. The molecule has 1 aliphatic heterocycles. The van der Waals surface area contributed by atoms with E-state index in [2.05, 4.69) is 37.7 Å². The first-order valence-electron chi connectivity index (χ1n) is 12.9. The van der Waals surface area contributed by atoms with Gasteiger partial charge in [0.25, 0.3) is 5.91 Å². The van der Waals surface area contributed by atoms with Gasteiger partial charge in [0.1, 0.15) is 5.82 Å². The molecular formula is C28H31FN6O4S. The Labute approximate surface area is 232 Å². The van der Waals surface area contributed by atoms with Crippen molar-refractivity contribution in [2.45, 2.75) is 9.79 Å². The van der Waals surface area contributed by atoms with Gasteiger partial charge in [-0.25, -0.2) is 12.8 Å². The molecular weight excluding hydrogens is 535 g/mol. The second kappa shape index (κ2) is 11.6. The van der Waals surface area contributed by atoms with Crippen molar-refractivity contribution < 1.29 is 22.3 Å². The molecule has 0 radical (unpaired) electrons. The molecule has 0 bridgehead atoms. The average Bonchev–Trinajstić information content (AvgIpc) is 3.35. The summed E-state index contributed by atoms with van der Waals surface area (Å²) in [7, 11) is -0.280. The molecule has 0 unspecified atom stereocenters. The number of aromatic nitrogens is 2. The van der Waals surface area contributed by atoms with Crippen molar-refractivity contribution in [1.82, 2.24) is 15.1 Å². The Morgan fingerprint density at radius 2 is 1.82 bits per heavy atom. The number of methoxy groups -OCH3 is 1. The molecule has 12 heteroatoms. The number of sulfone groups is 1. The summed E-state index contributed by atoms with van der Waals surface area (Å²) in [4.78, 5) is 17.8. The maximum absolute atomic E-state index is 13.7.